The average molecular weight is 337 g/mol. The molecule has 0 aliphatic rings. The summed E-state index contributed by atoms with van der Waals surface area (Å²) in [6.07, 6.45) is -0.198. The molecule has 1 heterocycles. The van der Waals surface area contributed by atoms with Crippen molar-refractivity contribution in [2.24, 2.45) is 0 Å². The van der Waals surface area contributed by atoms with Crippen LogP contribution in [0.5, 0.6) is 0 Å². The van der Waals surface area contributed by atoms with E-state index in [-0.39, 0.29) is 0 Å². The van der Waals surface area contributed by atoms with E-state index in [1.54, 1.807) is 0 Å². The first kappa shape index (κ1) is 17.0. The van der Waals surface area contributed by atoms with Gasteiger partial charge in [0, 0.05) is 17.6 Å². The number of carbonyl (C=O) groups is 1. The summed E-state index contributed by atoms with van der Waals surface area (Å²) >= 11 is 0. The third-order valence-electron chi connectivity index (χ3n) is 4.28. The molecule has 25 heavy (non-hydrogen) atoms. The van der Waals surface area contributed by atoms with Gasteiger partial charge in [-0.05, 0) is 44.9 Å². The number of imidazole rings is 1. The first-order chi connectivity index (χ1) is 11.8. The highest BCUT2D eigenvalue weighted by Gasteiger charge is 2.25. The molecule has 1 aromatic heterocycles. The Morgan fingerprint density at radius 3 is 2.40 bits per heavy atom. The zero-order chi connectivity index (χ0) is 18.0. The van der Waals surface area contributed by atoms with Crippen LogP contribution in [0.1, 0.15) is 26.3 Å². The minimum atomic E-state index is -0.883. The molecule has 0 atom stereocenters. The number of carboxylic acid groups (broad SMARTS) is 1. The first-order valence-corrected chi connectivity index (χ1v) is 8.39. The molecule has 0 bridgehead atoms. The molecule has 0 aliphatic carbocycles. The number of amides is 1. The second kappa shape index (κ2) is 6.59. The molecule has 3 aromatic rings. The average Bonchev–Trinajstić information content (AvgIpc) is 2.98. The molecule has 0 radical (unpaired) electrons. The Morgan fingerprint density at radius 2 is 1.80 bits per heavy atom. The first-order valence-electron chi connectivity index (χ1n) is 8.39. The van der Waals surface area contributed by atoms with Gasteiger partial charge in [-0.1, -0.05) is 36.4 Å². The number of nitrogens with one attached hydrogen (secondary N) is 1. The lowest BCUT2D eigenvalue weighted by Crippen LogP contribution is -2.45. The molecule has 0 saturated heterocycles. The molecule has 5 heteroatoms. The van der Waals surface area contributed by atoms with Crippen molar-refractivity contribution in [2.45, 2.75) is 32.7 Å². The molecule has 0 spiro atoms. The van der Waals surface area contributed by atoms with Gasteiger partial charge in [-0.25, -0.2) is 9.78 Å². The van der Waals surface area contributed by atoms with Crippen molar-refractivity contribution in [3.63, 3.8) is 0 Å². The minimum absolute atomic E-state index is 0.403. The number of rotatable bonds is 4. The van der Waals surface area contributed by atoms with Crippen LogP contribution in [0, 0.1) is 0 Å². The second-order valence-electron chi connectivity index (χ2n) is 7.15. The molecule has 0 saturated carbocycles. The van der Waals surface area contributed by atoms with Gasteiger partial charge in [0.2, 0.25) is 0 Å². The Balaban J connectivity index is 1.73. The van der Waals surface area contributed by atoms with Crippen LogP contribution in [0.4, 0.5) is 4.79 Å². The maximum Gasteiger partial charge on any atom is 0.407 e. The number of H-pyrrole nitrogens is 1. The van der Waals surface area contributed by atoms with Crippen LogP contribution < -0.4 is 0 Å². The SMILES string of the molecule is CC(C)(C)N(CCc1ccc(-c2nc3ccccc3[nH]2)cc1)C(=O)O. The van der Waals surface area contributed by atoms with E-state index in [0.29, 0.717) is 13.0 Å². The normalized spacial score (nSPS) is 11.6. The van der Waals surface area contributed by atoms with Crippen LogP contribution in [0.3, 0.4) is 0 Å². The minimum Gasteiger partial charge on any atom is -0.465 e. The van der Waals surface area contributed by atoms with Crippen LogP contribution in [-0.4, -0.2) is 38.2 Å². The Labute approximate surface area is 147 Å². The smallest absolute Gasteiger partial charge is 0.407 e. The van der Waals surface area contributed by atoms with Gasteiger partial charge in [0.15, 0.2) is 0 Å². The summed E-state index contributed by atoms with van der Waals surface area (Å²) in [5.41, 5.74) is 3.69. The fourth-order valence-corrected chi connectivity index (χ4v) is 2.88. The molecule has 2 N–H and O–H groups in total. The molecular weight excluding hydrogens is 314 g/mol. The maximum atomic E-state index is 11.4. The predicted octanol–water partition coefficient (Wildman–Crippen LogP) is 4.55. The number of nitrogens with zero attached hydrogens (tertiary/aromatic N) is 2. The third-order valence-corrected chi connectivity index (χ3v) is 4.28. The van der Waals surface area contributed by atoms with Crippen molar-refractivity contribution >= 4 is 17.1 Å². The van der Waals surface area contributed by atoms with E-state index < -0.39 is 11.6 Å². The number of aromatic nitrogens is 2. The van der Waals surface area contributed by atoms with Gasteiger partial charge in [-0.3, -0.25) is 0 Å². The van der Waals surface area contributed by atoms with E-state index in [0.717, 1.165) is 28.0 Å². The van der Waals surface area contributed by atoms with Crippen LogP contribution in [0.25, 0.3) is 22.4 Å². The molecule has 1 amide bonds. The number of fused-ring (bicyclic) bond motifs is 1. The van der Waals surface area contributed by atoms with Crippen LogP contribution in [-0.2, 0) is 6.42 Å². The monoisotopic (exact) mass is 337 g/mol. The number of para-hydroxylation sites is 2. The van der Waals surface area contributed by atoms with E-state index in [2.05, 4.69) is 9.97 Å². The van der Waals surface area contributed by atoms with Crippen molar-refractivity contribution < 1.29 is 9.90 Å². The fourth-order valence-electron chi connectivity index (χ4n) is 2.88. The third kappa shape index (κ3) is 3.82. The molecule has 0 fully saturated rings. The summed E-state index contributed by atoms with van der Waals surface area (Å²) in [6.45, 7) is 6.20. The van der Waals surface area contributed by atoms with Gasteiger partial charge in [0.25, 0.3) is 0 Å². The van der Waals surface area contributed by atoms with E-state index in [4.69, 9.17) is 0 Å². The summed E-state index contributed by atoms with van der Waals surface area (Å²) < 4.78 is 0. The van der Waals surface area contributed by atoms with Crippen LogP contribution in [0.2, 0.25) is 0 Å². The number of aromatic amines is 1. The molecule has 0 unspecified atom stereocenters. The lowest BCUT2D eigenvalue weighted by Gasteiger charge is -2.33. The number of hydrogen-bond donors (Lipinski definition) is 2. The lowest BCUT2D eigenvalue weighted by atomic mass is 10.0. The summed E-state index contributed by atoms with van der Waals surface area (Å²) in [7, 11) is 0. The van der Waals surface area contributed by atoms with E-state index in [1.807, 2.05) is 69.3 Å². The second-order valence-corrected chi connectivity index (χ2v) is 7.15. The molecule has 3 rings (SSSR count). The summed E-state index contributed by atoms with van der Waals surface area (Å²) in [5.74, 6) is 0.842. The van der Waals surface area contributed by atoms with Crippen molar-refractivity contribution in [1.82, 2.24) is 14.9 Å². The Morgan fingerprint density at radius 1 is 1.12 bits per heavy atom. The van der Waals surface area contributed by atoms with Crippen molar-refractivity contribution in [2.75, 3.05) is 6.54 Å². The van der Waals surface area contributed by atoms with Crippen LogP contribution in [0.15, 0.2) is 48.5 Å². The van der Waals surface area contributed by atoms with Crippen molar-refractivity contribution in [1.29, 1.82) is 0 Å². The lowest BCUT2D eigenvalue weighted by molar-refractivity contribution is 0.101. The number of hydrogen-bond acceptors (Lipinski definition) is 2. The van der Waals surface area contributed by atoms with Gasteiger partial charge >= 0.3 is 6.09 Å². The number of benzene rings is 2. The predicted molar refractivity (Wildman–Crippen MR) is 99.7 cm³/mol. The Bertz CT molecular complexity index is 843. The molecule has 2 aromatic carbocycles. The standard InChI is InChI=1S/C20H23N3O2/c1-20(2,3)23(19(24)25)13-12-14-8-10-15(11-9-14)18-21-16-6-4-5-7-17(16)22-18/h4-11H,12-13H2,1-3H3,(H,21,22)(H,24,25). The highest BCUT2D eigenvalue weighted by atomic mass is 16.4. The van der Waals surface area contributed by atoms with E-state index >= 15 is 0 Å². The zero-order valence-corrected chi connectivity index (χ0v) is 14.8. The van der Waals surface area contributed by atoms with Gasteiger partial charge in [0.05, 0.1) is 11.0 Å². The van der Waals surface area contributed by atoms with Gasteiger partial charge < -0.3 is 15.0 Å². The van der Waals surface area contributed by atoms with Gasteiger partial charge in [-0.15, -0.1) is 0 Å². The van der Waals surface area contributed by atoms with Crippen molar-refractivity contribution in [3.8, 4) is 11.4 Å². The quantitative estimate of drug-likeness (QED) is 0.734. The Hall–Kier alpha value is -2.82. The largest absolute Gasteiger partial charge is 0.465 e. The van der Waals surface area contributed by atoms with Gasteiger partial charge in [-0.2, -0.15) is 0 Å². The van der Waals surface area contributed by atoms with Crippen LogP contribution >= 0.6 is 0 Å². The molecule has 0 aliphatic heterocycles. The summed E-state index contributed by atoms with van der Waals surface area (Å²) in [4.78, 5) is 20.8. The zero-order valence-electron chi connectivity index (χ0n) is 14.8. The van der Waals surface area contributed by atoms with E-state index in [9.17, 15) is 9.90 Å². The molecule has 130 valence electrons. The van der Waals surface area contributed by atoms with Crippen molar-refractivity contribution in [3.05, 3.63) is 54.1 Å². The highest BCUT2D eigenvalue weighted by Crippen LogP contribution is 2.21. The summed E-state index contributed by atoms with van der Waals surface area (Å²) in [5, 5.41) is 9.36. The topological polar surface area (TPSA) is 69.2 Å². The summed E-state index contributed by atoms with van der Waals surface area (Å²) in [6, 6.07) is 16.1. The Kier molecular flexibility index (Phi) is 4.49. The maximum absolute atomic E-state index is 11.4. The van der Waals surface area contributed by atoms with Gasteiger partial charge in [0.1, 0.15) is 5.82 Å². The highest BCUT2D eigenvalue weighted by molar-refractivity contribution is 5.79. The van der Waals surface area contributed by atoms with E-state index in [1.165, 1.54) is 4.90 Å². The molecular formula is C20H23N3O2. The molecule has 5 nitrogen and oxygen atoms in total. The fraction of sp³-hybridized carbons (Fsp3) is 0.300.